The standard InChI is InChI=1S/C24H32N2O3/c1-17(2)12-24(27)25-15-21-20-14-23(29-4)22(28-3)13-19(20)10-11-26(21)16-18-8-6-5-7-9-18/h5-9,13-14,17,21H,10-12,15-16H2,1-4H3,(H,25,27)/t21-/m1/s1. The lowest BCUT2D eigenvalue weighted by atomic mass is 9.91. The van der Waals surface area contributed by atoms with Gasteiger partial charge in [-0.3, -0.25) is 9.69 Å². The number of nitrogens with zero attached hydrogens (tertiary/aromatic N) is 1. The molecule has 2 aromatic carbocycles. The second-order valence-corrected chi connectivity index (χ2v) is 8.03. The summed E-state index contributed by atoms with van der Waals surface area (Å²) in [7, 11) is 3.33. The Balaban J connectivity index is 1.88. The first-order valence-electron chi connectivity index (χ1n) is 10.3. The molecular formula is C24H32N2O3. The summed E-state index contributed by atoms with van der Waals surface area (Å²) >= 11 is 0. The van der Waals surface area contributed by atoms with Crippen molar-refractivity contribution >= 4 is 5.91 Å². The van der Waals surface area contributed by atoms with Crippen molar-refractivity contribution in [3.8, 4) is 11.5 Å². The Morgan fingerprint density at radius 3 is 2.48 bits per heavy atom. The number of benzene rings is 2. The molecule has 0 bridgehead atoms. The van der Waals surface area contributed by atoms with E-state index in [1.165, 1.54) is 16.7 Å². The van der Waals surface area contributed by atoms with Gasteiger partial charge in [0, 0.05) is 26.1 Å². The van der Waals surface area contributed by atoms with E-state index < -0.39 is 0 Å². The van der Waals surface area contributed by atoms with E-state index in [1.807, 2.05) is 6.07 Å². The van der Waals surface area contributed by atoms with Crippen molar-refractivity contribution in [1.29, 1.82) is 0 Å². The number of ether oxygens (including phenoxy) is 2. The van der Waals surface area contributed by atoms with Crippen LogP contribution in [0.4, 0.5) is 0 Å². The molecule has 1 aliphatic heterocycles. The summed E-state index contributed by atoms with van der Waals surface area (Å²) in [6, 6.07) is 14.7. The number of rotatable bonds is 8. The van der Waals surface area contributed by atoms with Crippen molar-refractivity contribution in [2.75, 3.05) is 27.3 Å². The number of methoxy groups -OCH3 is 2. The summed E-state index contributed by atoms with van der Waals surface area (Å²) in [6.45, 7) is 6.49. The first-order valence-corrected chi connectivity index (χ1v) is 10.3. The van der Waals surface area contributed by atoms with E-state index in [4.69, 9.17) is 9.47 Å². The van der Waals surface area contributed by atoms with Gasteiger partial charge in [0.25, 0.3) is 0 Å². The fraction of sp³-hybridized carbons (Fsp3) is 0.458. The van der Waals surface area contributed by atoms with E-state index in [0.717, 1.165) is 31.0 Å². The lowest BCUT2D eigenvalue weighted by molar-refractivity contribution is -0.122. The molecule has 0 aromatic heterocycles. The molecule has 0 radical (unpaired) electrons. The van der Waals surface area contributed by atoms with Crippen LogP contribution in [-0.2, 0) is 17.8 Å². The van der Waals surface area contributed by atoms with Crippen LogP contribution >= 0.6 is 0 Å². The molecule has 2 aromatic rings. The molecule has 0 saturated carbocycles. The molecule has 5 heteroatoms. The third-order valence-electron chi connectivity index (χ3n) is 5.43. The van der Waals surface area contributed by atoms with Gasteiger partial charge in [-0.2, -0.15) is 0 Å². The molecule has 0 spiro atoms. The maximum Gasteiger partial charge on any atom is 0.220 e. The summed E-state index contributed by atoms with van der Waals surface area (Å²) in [5, 5.41) is 3.15. The summed E-state index contributed by atoms with van der Waals surface area (Å²) in [5.74, 6) is 1.93. The average molecular weight is 397 g/mol. The summed E-state index contributed by atoms with van der Waals surface area (Å²) in [6.07, 6.45) is 1.49. The smallest absolute Gasteiger partial charge is 0.220 e. The summed E-state index contributed by atoms with van der Waals surface area (Å²) < 4.78 is 11.0. The number of carbonyl (C=O) groups is 1. The SMILES string of the molecule is COc1cc2c(cc1OC)[C@@H](CNC(=O)CC(C)C)N(Cc1ccccc1)CC2. The van der Waals surface area contributed by atoms with Crippen molar-refractivity contribution in [2.24, 2.45) is 5.92 Å². The van der Waals surface area contributed by atoms with Crippen LogP contribution in [-0.4, -0.2) is 38.1 Å². The van der Waals surface area contributed by atoms with Crippen molar-refractivity contribution in [3.63, 3.8) is 0 Å². The van der Waals surface area contributed by atoms with Crippen molar-refractivity contribution in [1.82, 2.24) is 10.2 Å². The Hall–Kier alpha value is -2.53. The molecule has 29 heavy (non-hydrogen) atoms. The summed E-state index contributed by atoms with van der Waals surface area (Å²) in [4.78, 5) is 14.8. The zero-order valence-corrected chi connectivity index (χ0v) is 17.9. The molecular weight excluding hydrogens is 364 g/mol. The minimum atomic E-state index is 0.0925. The highest BCUT2D eigenvalue weighted by molar-refractivity contribution is 5.76. The Bertz CT molecular complexity index is 820. The van der Waals surface area contributed by atoms with E-state index in [0.29, 0.717) is 18.9 Å². The van der Waals surface area contributed by atoms with Gasteiger partial charge in [-0.1, -0.05) is 44.2 Å². The minimum Gasteiger partial charge on any atom is -0.493 e. The highest BCUT2D eigenvalue weighted by Crippen LogP contribution is 2.38. The zero-order valence-electron chi connectivity index (χ0n) is 17.9. The van der Waals surface area contributed by atoms with E-state index in [2.05, 4.69) is 60.5 Å². The molecule has 1 amide bonds. The first-order chi connectivity index (χ1) is 14.0. The average Bonchev–Trinajstić information content (AvgIpc) is 2.72. The van der Waals surface area contributed by atoms with Gasteiger partial charge in [0.05, 0.1) is 20.3 Å². The molecule has 156 valence electrons. The van der Waals surface area contributed by atoms with E-state index in [1.54, 1.807) is 14.2 Å². The van der Waals surface area contributed by atoms with Gasteiger partial charge in [0.15, 0.2) is 11.5 Å². The number of fused-ring (bicyclic) bond motifs is 1. The molecule has 1 atom stereocenters. The number of hydrogen-bond donors (Lipinski definition) is 1. The van der Waals surface area contributed by atoms with Gasteiger partial charge in [0.1, 0.15) is 0 Å². The third kappa shape index (κ3) is 5.30. The quantitative estimate of drug-likeness (QED) is 0.734. The Morgan fingerprint density at radius 2 is 1.83 bits per heavy atom. The van der Waals surface area contributed by atoms with E-state index in [9.17, 15) is 4.79 Å². The molecule has 1 heterocycles. The maximum atomic E-state index is 12.3. The molecule has 1 aliphatic rings. The van der Waals surface area contributed by atoms with Gasteiger partial charge >= 0.3 is 0 Å². The highest BCUT2D eigenvalue weighted by atomic mass is 16.5. The van der Waals surface area contributed by atoms with Crippen LogP contribution in [0.3, 0.4) is 0 Å². The fourth-order valence-electron chi connectivity index (χ4n) is 3.98. The van der Waals surface area contributed by atoms with Crippen molar-refractivity contribution in [2.45, 2.75) is 39.3 Å². The van der Waals surface area contributed by atoms with Gasteiger partial charge < -0.3 is 14.8 Å². The topological polar surface area (TPSA) is 50.8 Å². The minimum absolute atomic E-state index is 0.0925. The van der Waals surface area contributed by atoms with E-state index in [-0.39, 0.29) is 11.9 Å². The molecule has 1 N–H and O–H groups in total. The van der Waals surface area contributed by atoms with Crippen LogP contribution in [0, 0.1) is 5.92 Å². The largest absolute Gasteiger partial charge is 0.493 e. The van der Waals surface area contributed by atoms with Crippen LogP contribution < -0.4 is 14.8 Å². The lowest BCUT2D eigenvalue weighted by Crippen LogP contribution is -2.42. The van der Waals surface area contributed by atoms with Crippen LogP contribution in [0.1, 0.15) is 43.0 Å². The van der Waals surface area contributed by atoms with Crippen LogP contribution in [0.15, 0.2) is 42.5 Å². The summed E-state index contributed by atoms with van der Waals surface area (Å²) in [5.41, 5.74) is 3.74. The normalized spacial score (nSPS) is 16.4. The highest BCUT2D eigenvalue weighted by Gasteiger charge is 2.29. The number of amides is 1. The number of nitrogens with one attached hydrogen (secondary N) is 1. The van der Waals surface area contributed by atoms with Gasteiger partial charge in [0.2, 0.25) is 5.91 Å². The molecule has 0 unspecified atom stereocenters. The first kappa shape index (κ1) is 21.2. The van der Waals surface area contributed by atoms with Crippen LogP contribution in [0.2, 0.25) is 0 Å². The number of hydrogen-bond acceptors (Lipinski definition) is 4. The fourth-order valence-corrected chi connectivity index (χ4v) is 3.98. The molecule has 0 fully saturated rings. The van der Waals surface area contributed by atoms with Gasteiger partial charge in [-0.15, -0.1) is 0 Å². The number of carbonyl (C=O) groups excluding carboxylic acids is 1. The van der Waals surface area contributed by atoms with Crippen molar-refractivity contribution in [3.05, 3.63) is 59.2 Å². The second kappa shape index (κ2) is 9.79. The monoisotopic (exact) mass is 396 g/mol. The second-order valence-electron chi connectivity index (χ2n) is 8.03. The van der Waals surface area contributed by atoms with E-state index >= 15 is 0 Å². The Kier molecular flexibility index (Phi) is 7.15. The lowest BCUT2D eigenvalue weighted by Gasteiger charge is -2.38. The van der Waals surface area contributed by atoms with Crippen LogP contribution in [0.25, 0.3) is 0 Å². The molecule has 0 aliphatic carbocycles. The third-order valence-corrected chi connectivity index (χ3v) is 5.43. The maximum absolute atomic E-state index is 12.3. The van der Waals surface area contributed by atoms with Crippen molar-refractivity contribution < 1.29 is 14.3 Å². The Labute approximate surface area is 174 Å². The predicted octanol–water partition coefficient (Wildman–Crippen LogP) is 3.97. The molecule has 0 saturated heterocycles. The van der Waals surface area contributed by atoms with Gasteiger partial charge in [-0.05, 0) is 41.2 Å². The molecule has 3 rings (SSSR count). The van der Waals surface area contributed by atoms with Gasteiger partial charge in [-0.25, -0.2) is 0 Å². The Morgan fingerprint density at radius 1 is 1.14 bits per heavy atom. The molecule has 5 nitrogen and oxygen atoms in total. The zero-order chi connectivity index (χ0) is 20.8. The van der Waals surface area contributed by atoms with Crippen LogP contribution in [0.5, 0.6) is 11.5 Å². The predicted molar refractivity (Wildman–Crippen MR) is 115 cm³/mol.